The van der Waals surface area contributed by atoms with Crippen LogP contribution in [0.4, 0.5) is 23.9 Å². The highest BCUT2D eigenvalue weighted by atomic mass is 32.2. The standard InChI is InChI=1S/C25H28F3N9O4S/c26-16-8-19(27)21(28)20(9-16)42(40,41)37-12-17(13-37)34-25(39)36-24-33-11-18(22(38)35-24)15-4-2-14(3-5-15)10-31-6-1-7-32-23(29)30/h2-5,8-9,11,17,31H,1,6-7,10,12-13H2,(H4,29,30,32)(H3,33,34,35,36,38,39). The van der Waals surface area contributed by atoms with Crippen molar-refractivity contribution in [3.63, 3.8) is 0 Å². The summed E-state index contributed by atoms with van der Waals surface area (Å²) in [7, 11) is -4.53. The van der Waals surface area contributed by atoms with E-state index < -0.39 is 50.0 Å². The summed E-state index contributed by atoms with van der Waals surface area (Å²) in [4.78, 5) is 30.3. The molecule has 8 N–H and O–H groups in total. The van der Waals surface area contributed by atoms with Crippen molar-refractivity contribution in [1.29, 1.82) is 5.41 Å². The molecule has 3 aromatic rings. The fourth-order valence-corrected chi connectivity index (χ4v) is 5.67. The van der Waals surface area contributed by atoms with Crippen molar-refractivity contribution in [3.05, 3.63) is 76.0 Å². The van der Waals surface area contributed by atoms with Crippen molar-refractivity contribution < 1.29 is 26.4 Å². The highest BCUT2D eigenvalue weighted by Gasteiger charge is 2.39. The highest BCUT2D eigenvalue weighted by molar-refractivity contribution is 7.89. The van der Waals surface area contributed by atoms with Gasteiger partial charge in [-0.2, -0.15) is 9.29 Å². The zero-order valence-corrected chi connectivity index (χ0v) is 22.8. The number of amides is 2. The number of aromatic amines is 1. The van der Waals surface area contributed by atoms with E-state index in [9.17, 15) is 31.2 Å². The number of halogens is 3. The smallest absolute Gasteiger partial charge is 0.321 e. The molecule has 2 amide bonds. The maximum Gasteiger partial charge on any atom is 0.321 e. The molecule has 0 unspecified atom stereocenters. The Morgan fingerprint density at radius 3 is 2.52 bits per heavy atom. The number of anilines is 1. The van der Waals surface area contributed by atoms with Crippen LogP contribution in [0.5, 0.6) is 0 Å². The average Bonchev–Trinajstić information content (AvgIpc) is 2.90. The fourth-order valence-electron chi connectivity index (χ4n) is 4.05. The van der Waals surface area contributed by atoms with Gasteiger partial charge in [0.15, 0.2) is 17.6 Å². The van der Waals surface area contributed by atoms with Crippen LogP contribution in [-0.4, -0.2) is 66.9 Å². The molecule has 1 aliphatic heterocycles. The fraction of sp³-hybridized carbons (Fsp3) is 0.280. The quantitative estimate of drug-likeness (QED) is 0.0725. The minimum atomic E-state index is -4.53. The summed E-state index contributed by atoms with van der Waals surface area (Å²) in [6, 6.07) is 6.40. The predicted molar refractivity (Wildman–Crippen MR) is 148 cm³/mol. The number of carbonyl (C=O) groups is 1. The first-order valence-corrected chi connectivity index (χ1v) is 14.1. The molecule has 1 saturated heterocycles. The second-order valence-electron chi connectivity index (χ2n) is 9.35. The zero-order valence-electron chi connectivity index (χ0n) is 22.0. The van der Waals surface area contributed by atoms with E-state index in [0.717, 1.165) is 22.8 Å². The van der Waals surface area contributed by atoms with Crippen molar-refractivity contribution in [2.24, 2.45) is 5.73 Å². The number of aromatic nitrogens is 2. The second-order valence-corrected chi connectivity index (χ2v) is 11.3. The average molecular weight is 608 g/mol. The number of H-pyrrole nitrogens is 1. The van der Waals surface area contributed by atoms with Gasteiger partial charge in [-0.1, -0.05) is 24.3 Å². The van der Waals surface area contributed by atoms with E-state index in [0.29, 0.717) is 24.7 Å². The molecule has 17 heteroatoms. The van der Waals surface area contributed by atoms with Crippen LogP contribution in [0.2, 0.25) is 0 Å². The number of sulfonamides is 1. The van der Waals surface area contributed by atoms with Crippen LogP contribution in [0.25, 0.3) is 11.1 Å². The van der Waals surface area contributed by atoms with Crippen LogP contribution >= 0.6 is 0 Å². The largest absolute Gasteiger partial charge is 0.370 e. The maximum absolute atomic E-state index is 14.0. The van der Waals surface area contributed by atoms with E-state index in [-0.39, 0.29) is 36.6 Å². The van der Waals surface area contributed by atoms with Crippen molar-refractivity contribution in [3.8, 4) is 11.1 Å². The molecule has 1 aliphatic rings. The molecule has 42 heavy (non-hydrogen) atoms. The van der Waals surface area contributed by atoms with Crippen molar-refractivity contribution in [1.82, 2.24) is 30.2 Å². The van der Waals surface area contributed by atoms with Gasteiger partial charge >= 0.3 is 6.03 Å². The highest BCUT2D eigenvalue weighted by Crippen LogP contribution is 2.26. The molecule has 1 fully saturated rings. The van der Waals surface area contributed by atoms with E-state index >= 15 is 0 Å². The number of nitrogens with one attached hydrogen (secondary N) is 6. The predicted octanol–water partition coefficient (Wildman–Crippen LogP) is 1.01. The normalized spacial score (nSPS) is 13.8. The van der Waals surface area contributed by atoms with Crippen molar-refractivity contribution in [2.75, 3.05) is 31.5 Å². The molecule has 0 aliphatic carbocycles. The van der Waals surface area contributed by atoms with E-state index in [4.69, 9.17) is 11.1 Å². The van der Waals surface area contributed by atoms with Gasteiger partial charge in [0.2, 0.25) is 16.0 Å². The first kappa shape index (κ1) is 30.5. The van der Waals surface area contributed by atoms with Gasteiger partial charge in [-0.25, -0.2) is 26.4 Å². The lowest BCUT2D eigenvalue weighted by Crippen LogP contribution is -2.61. The van der Waals surface area contributed by atoms with Gasteiger partial charge in [-0.15, -0.1) is 0 Å². The lowest BCUT2D eigenvalue weighted by atomic mass is 10.1. The Morgan fingerprint density at radius 1 is 1.14 bits per heavy atom. The van der Waals surface area contributed by atoms with E-state index in [1.807, 2.05) is 12.1 Å². The molecule has 2 heterocycles. The maximum atomic E-state index is 14.0. The first-order chi connectivity index (χ1) is 19.9. The van der Waals surface area contributed by atoms with Crippen LogP contribution in [0, 0.1) is 22.9 Å². The van der Waals surface area contributed by atoms with Gasteiger partial charge in [0, 0.05) is 38.4 Å². The van der Waals surface area contributed by atoms with Gasteiger partial charge in [0.25, 0.3) is 5.56 Å². The Kier molecular flexibility index (Phi) is 9.44. The second kappa shape index (κ2) is 13.0. The number of nitrogens with two attached hydrogens (primary N) is 1. The lowest BCUT2D eigenvalue weighted by molar-refractivity contribution is 0.212. The third-order valence-corrected chi connectivity index (χ3v) is 8.06. The molecular weight excluding hydrogens is 579 g/mol. The summed E-state index contributed by atoms with van der Waals surface area (Å²) in [5, 5.41) is 17.9. The number of rotatable bonds is 11. The van der Waals surface area contributed by atoms with E-state index in [1.165, 1.54) is 6.20 Å². The van der Waals surface area contributed by atoms with Crippen molar-refractivity contribution >= 4 is 28.0 Å². The third kappa shape index (κ3) is 7.42. The molecule has 0 saturated carbocycles. The van der Waals surface area contributed by atoms with Gasteiger partial charge in [-0.3, -0.25) is 15.5 Å². The molecule has 1 aromatic heterocycles. The molecule has 13 nitrogen and oxygen atoms in total. The number of nitrogens with zero attached hydrogens (tertiary/aromatic N) is 2. The van der Waals surface area contributed by atoms with E-state index in [1.54, 1.807) is 12.1 Å². The molecule has 0 bridgehead atoms. The summed E-state index contributed by atoms with van der Waals surface area (Å²) in [5.74, 6) is -4.78. The number of urea groups is 1. The molecular formula is C25H28F3N9O4S. The summed E-state index contributed by atoms with van der Waals surface area (Å²) in [6.07, 6.45) is 2.18. The van der Waals surface area contributed by atoms with Gasteiger partial charge < -0.3 is 26.7 Å². The van der Waals surface area contributed by atoms with E-state index in [2.05, 4.69) is 31.2 Å². The molecule has 0 radical (unpaired) electrons. The minimum absolute atomic E-state index is 0.0675. The SMILES string of the molecule is N=C(N)NCCCNCc1ccc(-c2c[nH]c(NC(=O)NC3CN(S(=O)(=O)c4cc(F)cc(F)c4F)C3)nc2=O)cc1. The minimum Gasteiger partial charge on any atom is -0.370 e. The Morgan fingerprint density at radius 2 is 1.86 bits per heavy atom. The first-order valence-electron chi connectivity index (χ1n) is 12.6. The van der Waals surface area contributed by atoms with Crippen LogP contribution in [0.15, 0.2) is 52.3 Å². The number of hydrogen-bond donors (Lipinski definition) is 7. The van der Waals surface area contributed by atoms with Crippen molar-refractivity contribution in [2.45, 2.75) is 23.9 Å². The molecule has 0 spiro atoms. The monoisotopic (exact) mass is 607 g/mol. The number of carbonyl (C=O) groups excluding carboxylic acids is 1. The summed E-state index contributed by atoms with van der Waals surface area (Å²) in [5.41, 5.74) is 6.50. The number of hydrogen-bond acceptors (Lipinski definition) is 7. The molecule has 0 atom stereocenters. The molecule has 224 valence electrons. The zero-order chi connectivity index (χ0) is 30.4. The molecule has 2 aromatic carbocycles. The van der Waals surface area contributed by atoms with Crippen LogP contribution < -0.4 is 32.6 Å². The lowest BCUT2D eigenvalue weighted by Gasteiger charge is -2.38. The third-order valence-electron chi connectivity index (χ3n) is 6.23. The van der Waals surface area contributed by atoms with Gasteiger partial charge in [0.1, 0.15) is 10.7 Å². The van der Waals surface area contributed by atoms with Crippen LogP contribution in [0.1, 0.15) is 12.0 Å². The Balaban J connectivity index is 1.26. The Bertz CT molecular complexity index is 1630. The summed E-state index contributed by atoms with van der Waals surface area (Å²) in [6.45, 7) is 1.40. The summed E-state index contributed by atoms with van der Waals surface area (Å²) >= 11 is 0. The van der Waals surface area contributed by atoms with Crippen LogP contribution in [0.3, 0.4) is 0 Å². The summed E-state index contributed by atoms with van der Waals surface area (Å²) < 4.78 is 66.7. The number of guanidine groups is 1. The Labute approximate surface area is 238 Å². The van der Waals surface area contributed by atoms with Crippen LogP contribution in [-0.2, 0) is 16.6 Å². The van der Waals surface area contributed by atoms with Gasteiger partial charge in [-0.05, 0) is 30.2 Å². The van der Waals surface area contributed by atoms with Gasteiger partial charge in [0.05, 0.1) is 11.6 Å². The topological polar surface area (TPSA) is 198 Å². The Hall–Kier alpha value is -4.48. The molecule has 4 rings (SSSR count). The number of benzene rings is 2.